The third-order valence-corrected chi connectivity index (χ3v) is 9.25. The lowest BCUT2D eigenvalue weighted by molar-refractivity contribution is -0.142. The largest absolute Gasteiger partial charge is 0.469 e. The van der Waals surface area contributed by atoms with E-state index in [1.54, 1.807) is 0 Å². The van der Waals surface area contributed by atoms with E-state index < -0.39 is 8.32 Å². The van der Waals surface area contributed by atoms with Crippen LogP contribution in [0.4, 0.5) is 0 Å². The highest BCUT2D eigenvalue weighted by molar-refractivity contribution is 6.74. The van der Waals surface area contributed by atoms with E-state index in [1.807, 2.05) is 0 Å². The average molecular weight is 298 g/mol. The van der Waals surface area contributed by atoms with Gasteiger partial charge >= 0.3 is 5.97 Å². The smallest absolute Gasteiger partial charge is 0.306 e. The number of hydrogen-bond acceptors (Lipinski definition) is 3. The van der Waals surface area contributed by atoms with Gasteiger partial charge < -0.3 is 9.16 Å². The van der Waals surface area contributed by atoms with E-state index in [0.717, 1.165) is 12.8 Å². The fraction of sp³-hybridized carbons (Fsp3) is 0.812. The van der Waals surface area contributed by atoms with Crippen LogP contribution in [0.1, 0.15) is 47.0 Å². The van der Waals surface area contributed by atoms with Crippen LogP contribution in [-0.4, -0.2) is 27.5 Å². The summed E-state index contributed by atoms with van der Waals surface area (Å²) in [6.45, 7) is 13.4. The minimum atomic E-state index is -1.72. The quantitative estimate of drug-likeness (QED) is 0.441. The van der Waals surface area contributed by atoms with Crippen molar-refractivity contribution < 1.29 is 14.0 Å². The second-order valence-corrected chi connectivity index (χ2v) is 12.5. The second kappa shape index (κ2) is 6.02. The molecule has 0 fully saturated rings. The summed E-state index contributed by atoms with van der Waals surface area (Å²) in [7, 11) is -0.274. The first-order valence-corrected chi connectivity index (χ1v) is 10.3. The van der Waals surface area contributed by atoms with E-state index in [2.05, 4.69) is 52.9 Å². The highest BCUT2D eigenvalue weighted by Crippen LogP contribution is 2.40. The van der Waals surface area contributed by atoms with Crippen molar-refractivity contribution >= 4 is 14.3 Å². The average Bonchev–Trinajstić information content (AvgIpc) is 2.30. The van der Waals surface area contributed by atoms with Gasteiger partial charge in [0.25, 0.3) is 0 Å². The first-order chi connectivity index (χ1) is 8.99. The summed E-state index contributed by atoms with van der Waals surface area (Å²) in [6.07, 6.45) is 6.89. The molecule has 0 aromatic heterocycles. The molecule has 0 radical (unpaired) electrons. The topological polar surface area (TPSA) is 35.5 Å². The van der Waals surface area contributed by atoms with Crippen LogP contribution in [0.15, 0.2) is 12.2 Å². The molecule has 0 aromatic rings. The van der Waals surface area contributed by atoms with Gasteiger partial charge in [0.05, 0.1) is 19.6 Å². The van der Waals surface area contributed by atoms with Crippen molar-refractivity contribution in [3.8, 4) is 0 Å². The van der Waals surface area contributed by atoms with Crippen molar-refractivity contribution in [2.24, 2.45) is 5.41 Å². The molecule has 0 bridgehead atoms. The standard InChI is InChI=1S/C16H30O3Si/c1-15(2,3)20(6,7)19-13-8-10-16(4,11-9-13)12-14(17)18-5/h8,10,13H,9,11-12H2,1-7H3/t13-,16+/m1/s1. The van der Waals surface area contributed by atoms with Crippen LogP contribution < -0.4 is 0 Å². The van der Waals surface area contributed by atoms with Crippen molar-refractivity contribution in [2.45, 2.75) is 71.2 Å². The van der Waals surface area contributed by atoms with E-state index >= 15 is 0 Å². The Balaban J connectivity index is 2.66. The van der Waals surface area contributed by atoms with E-state index in [1.165, 1.54) is 7.11 Å². The number of methoxy groups -OCH3 is 1. The zero-order chi connectivity index (χ0) is 15.6. The number of ether oxygens (including phenoxy) is 1. The Labute approximate surface area is 124 Å². The van der Waals surface area contributed by atoms with Gasteiger partial charge in [-0.25, -0.2) is 0 Å². The normalized spacial score (nSPS) is 27.4. The maximum atomic E-state index is 11.4. The van der Waals surface area contributed by atoms with Crippen LogP contribution in [0.2, 0.25) is 18.1 Å². The van der Waals surface area contributed by atoms with Gasteiger partial charge in [0.15, 0.2) is 8.32 Å². The molecule has 0 saturated heterocycles. The second-order valence-electron chi connectivity index (χ2n) is 7.72. The minimum absolute atomic E-state index is 0.0830. The van der Waals surface area contributed by atoms with Gasteiger partial charge in [0.2, 0.25) is 0 Å². The van der Waals surface area contributed by atoms with Crippen LogP contribution in [0.25, 0.3) is 0 Å². The first-order valence-electron chi connectivity index (χ1n) is 7.43. The Bertz CT molecular complexity index is 382. The van der Waals surface area contributed by atoms with Crippen LogP contribution in [0, 0.1) is 5.41 Å². The summed E-state index contributed by atoms with van der Waals surface area (Å²) in [4.78, 5) is 11.4. The Kier molecular flexibility index (Phi) is 5.25. The van der Waals surface area contributed by atoms with Crippen molar-refractivity contribution in [3.05, 3.63) is 12.2 Å². The molecule has 1 rings (SSSR count). The zero-order valence-electron chi connectivity index (χ0n) is 14.1. The summed E-state index contributed by atoms with van der Waals surface area (Å²) in [6, 6.07) is 0. The van der Waals surface area contributed by atoms with Gasteiger partial charge in [-0.05, 0) is 36.4 Å². The van der Waals surface area contributed by atoms with Crippen LogP contribution in [-0.2, 0) is 14.0 Å². The molecule has 0 N–H and O–H groups in total. The van der Waals surface area contributed by atoms with Gasteiger partial charge in [-0.3, -0.25) is 4.79 Å². The van der Waals surface area contributed by atoms with Gasteiger partial charge in [0.1, 0.15) is 0 Å². The fourth-order valence-corrected chi connectivity index (χ4v) is 3.50. The number of rotatable bonds is 4. The lowest BCUT2D eigenvalue weighted by Crippen LogP contribution is -2.44. The lowest BCUT2D eigenvalue weighted by Gasteiger charge is -2.41. The van der Waals surface area contributed by atoms with Crippen LogP contribution in [0.3, 0.4) is 0 Å². The van der Waals surface area contributed by atoms with Gasteiger partial charge in [-0.1, -0.05) is 39.8 Å². The molecule has 2 atom stereocenters. The van der Waals surface area contributed by atoms with Crippen molar-refractivity contribution in [1.82, 2.24) is 0 Å². The van der Waals surface area contributed by atoms with Gasteiger partial charge in [-0.2, -0.15) is 0 Å². The summed E-state index contributed by atoms with van der Waals surface area (Å²) in [5, 5.41) is 0.230. The predicted octanol–water partition coefficient (Wildman–Crippen LogP) is 4.30. The highest BCUT2D eigenvalue weighted by Gasteiger charge is 2.40. The summed E-state index contributed by atoms with van der Waals surface area (Å²) < 4.78 is 11.2. The Morgan fingerprint density at radius 2 is 2.00 bits per heavy atom. The molecule has 0 spiro atoms. The van der Waals surface area contributed by atoms with Crippen molar-refractivity contribution in [1.29, 1.82) is 0 Å². The molecule has 116 valence electrons. The van der Waals surface area contributed by atoms with Gasteiger partial charge in [0, 0.05) is 0 Å². The predicted molar refractivity (Wildman–Crippen MR) is 85.2 cm³/mol. The monoisotopic (exact) mass is 298 g/mol. The Hall–Kier alpha value is -0.613. The molecule has 1 aliphatic rings. The Morgan fingerprint density at radius 3 is 2.40 bits per heavy atom. The third-order valence-electron chi connectivity index (χ3n) is 4.74. The lowest BCUT2D eigenvalue weighted by atomic mass is 9.77. The molecule has 0 aromatic carbocycles. The highest BCUT2D eigenvalue weighted by atomic mass is 28.4. The number of hydrogen-bond donors (Lipinski definition) is 0. The minimum Gasteiger partial charge on any atom is -0.469 e. The maximum absolute atomic E-state index is 11.4. The van der Waals surface area contributed by atoms with E-state index in [9.17, 15) is 4.79 Å². The fourth-order valence-electron chi connectivity index (χ4n) is 2.19. The molecule has 20 heavy (non-hydrogen) atoms. The molecule has 0 amide bonds. The van der Waals surface area contributed by atoms with E-state index in [0.29, 0.717) is 6.42 Å². The molecule has 0 aliphatic heterocycles. The van der Waals surface area contributed by atoms with Crippen molar-refractivity contribution in [3.63, 3.8) is 0 Å². The molecular formula is C16H30O3Si. The molecule has 1 aliphatic carbocycles. The van der Waals surface area contributed by atoms with Crippen LogP contribution in [0.5, 0.6) is 0 Å². The van der Waals surface area contributed by atoms with Gasteiger partial charge in [-0.15, -0.1) is 0 Å². The zero-order valence-corrected chi connectivity index (χ0v) is 15.1. The molecule has 4 heteroatoms. The summed E-state index contributed by atoms with van der Waals surface area (Å²) >= 11 is 0. The molecular weight excluding hydrogens is 268 g/mol. The maximum Gasteiger partial charge on any atom is 0.306 e. The number of carbonyl (C=O) groups is 1. The summed E-state index contributed by atoms with van der Waals surface area (Å²) in [5.74, 6) is -0.138. The van der Waals surface area contributed by atoms with Crippen molar-refractivity contribution in [2.75, 3.05) is 7.11 Å². The van der Waals surface area contributed by atoms with E-state index in [4.69, 9.17) is 9.16 Å². The number of carbonyl (C=O) groups excluding carboxylic acids is 1. The van der Waals surface area contributed by atoms with E-state index in [-0.39, 0.29) is 22.5 Å². The summed E-state index contributed by atoms with van der Waals surface area (Å²) in [5.41, 5.74) is -0.0830. The third kappa shape index (κ3) is 4.45. The molecule has 0 saturated carbocycles. The van der Waals surface area contributed by atoms with Crippen LogP contribution >= 0.6 is 0 Å². The number of allylic oxidation sites excluding steroid dienone is 1. The molecule has 0 unspecified atom stereocenters. The number of esters is 1. The molecule has 0 heterocycles. The SMILES string of the molecule is COC(=O)C[C@@]1(C)C=C[C@@H](O[Si](C)(C)C(C)(C)C)CC1. The Morgan fingerprint density at radius 1 is 1.40 bits per heavy atom. The molecule has 3 nitrogen and oxygen atoms in total. The first kappa shape index (κ1) is 17.4.